The number of rotatable bonds is 3. The quantitative estimate of drug-likeness (QED) is 0.925. The molecule has 1 aromatic carbocycles. The second kappa shape index (κ2) is 5.40. The fourth-order valence-electron chi connectivity index (χ4n) is 2.95. The van der Waals surface area contributed by atoms with E-state index < -0.39 is 10.0 Å². The topological polar surface area (TPSA) is 81.2 Å². The number of aryl methyl sites for hydroxylation is 2. The summed E-state index contributed by atoms with van der Waals surface area (Å²) in [7, 11) is -1.88. The van der Waals surface area contributed by atoms with Crippen LogP contribution in [0.2, 0.25) is 0 Å². The predicted octanol–water partition coefficient (Wildman–Crippen LogP) is 1.33. The van der Waals surface area contributed by atoms with Crippen LogP contribution in [0.15, 0.2) is 29.3 Å². The fraction of sp³-hybridized carbons (Fsp3) is 0.400. The van der Waals surface area contributed by atoms with E-state index >= 15 is 0 Å². The van der Waals surface area contributed by atoms with Crippen LogP contribution in [-0.2, 0) is 30.0 Å². The Balaban J connectivity index is 2.17. The Morgan fingerprint density at radius 1 is 1.36 bits per heavy atom. The second-order valence-corrected chi connectivity index (χ2v) is 7.36. The summed E-state index contributed by atoms with van der Waals surface area (Å²) in [6.45, 7) is 2.56. The SMILES string of the molecule is Cc1c(S(=O)(=O)N2CCCc3cccc(CN)c32)cnn1C. The molecule has 0 saturated carbocycles. The van der Waals surface area contributed by atoms with E-state index in [1.807, 2.05) is 18.2 Å². The third kappa shape index (κ3) is 2.21. The number of benzene rings is 1. The first-order valence-corrected chi connectivity index (χ1v) is 8.73. The van der Waals surface area contributed by atoms with Gasteiger partial charge < -0.3 is 5.73 Å². The zero-order chi connectivity index (χ0) is 15.9. The van der Waals surface area contributed by atoms with Crippen LogP contribution < -0.4 is 10.0 Å². The summed E-state index contributed by atoms with van der Waals surface area (Å²) >= 11 is 0. The van der Waals surface area contributed by atoms with Crippen LogP contribution in [0.25, 0.3) is 0 Å². The normalized spacial score (nSPS) is 15.0. The molecular weight excluding hydrogens is 300 g/mol. The summed E-state index contributed by atoms with van der Waals surface area (Å²) < 4.78 is 29.2. The van der Waals surface area contributed by atoms with Gasteiger partial charge in [0, 0.05) is 20.1 Å². The molecule has 1 aliphatic heterocycles. The van der Waals surface area contributed by atoms with Crippen LogP contribution in [0, 0.1) is 6.92 Å². The second-order valence-electron chi connectivity index (χ2n) is 5.53. The van der Waals surface area contributed by atoms with Crippen molar-refractivity contribution in [1.82, 2.24) is 9.78 Å². The molecule has 22 heavy (non-hydrogen) atoms. The zero-order valence-electron chi connectivity index (χ0n) is 12.8. The van der Waals surface area contributed by atoms with E-state index in [0.29, 0.717) is 18.8 Å². The molecule has 1 aliphatic rings. The predicted molar refractivity (Wildman–Crippen MR) is 85.1 cm³/mol. The van der Waals surface area contributed by atoms with Crippen LogP contribution in [0.3, 0.4) is 0 Å². The van der Waals surface area contributed by atoms with Crippen LogP contribution in [0.1, 0.15) is 23.2 Å². The van der Waals surface area contributed by atoms with Gasteiger partial charge >= 0.3 is 0 Å². The molecule has 7 heteroatoms. The Labute approximate surface area is 130 Å². The number of nitrogens with zero attached hydrogens (tertiary/aromatic N) is 3. The van der Waals surface area contributed by atoms with Gasteiger partial charge in [0.2, 0.25) is 0 Å². The summed E-state index contributed by atoms with van der Waals surface area (Å²) in [4.78, 5) is 0.259. The van der Waals surface area contributed by atoms with Crippen molar-refractivity contribution < 1.29 is 8.42 Å². The van der Waals surface area contributed by atoms with Gasteiger partial charge in [-0.1, -0.05) is 18.2 Å². The molecule has 0 saturated heterocycles. The van der Waals surface area contributed by atoms with E-state index in [1.54, 1.807) is 18.7 Å². The summed E-state index contributed by atoms with van der Waals surface area (Å²) in [6.07, 6.45) is 3.10. The summed E-state index contributed by atoms with van der Waals surface area (Å²) in [5, 5.41) is 4.06. The highest BCUT2D eigenvalue weighted by Gasteiger charge is 2.32. The molecule has 0 amide bonds. The first kappa shape index (κ1) is 15.1. The van der Waals surface area contributed by atoms with Gasteiger partial charge in [-0.25, -0.2) is 8.42 Å². The number of para-hydroxylation sites is 1. The molecule has 0 unspecified atom stereocenters. The number of nitrogens with two attached hydrogens (primary N) is 1. The summed E-state index contributed by atoms with van der Waals surface area (Å²) in [5.41, 5.74) is 9.10. The van der Waals surface area contributed by atoms with Crippen LogP contribution in [-0.4, -0.2) is 24.7 Å². The average molecular weight is 320 g/mol. The van der Waals surface area contributed by atoms with Crippen molar-refractivity contribution in [3.05, 3.63) is 41.2 Å². The Morgan fingerprint density at radius 3 is 2.77 bits per heavy atom. The molecular formula is C15H20N4O2S. The lowest BCUT2D eigenvalue weighted by molar-refractivity contribution is 0.585. The van der Waals surface area contributed by atoms with Gasteiger partial charge in [0.05, 0.1) is 17.6 Å². The fourth-order valence-corrected chi connectivity index (χ4v) is 4.71. The van der Waals surface area contributed by atoms with Crippen LogP contribution in [0.4, 0.5) is 5.69 Å². The number of hydrogen-bond acceptors (Lipinski definition) is 4. The number of hydrogen-bond donors (Lipinski definition) is 1. The molecule has 0 atom stereocenters. The van der Waals surface area contributed by atoms with Crippen molar-refractivity contribution in [2.45, 2.75) is 31.2 Å². The smallest absolute Gasteiger partial charge is 0.267 e. The Hall–Kier alpha value is -1.86. The van der Waals surface area contributed by atoms with Gasteiger partial charge in [-0.2, -0.15) is 5.10 Å². The van der Waals surface area contributed by atoms with Gasteiger partial charge in [0.25, 0.3) is 10.0 Å². The highest BCUT2D eigenvalue weighted by Crippen LogP contribution is 2.35. The molecule has 2 aromatic rings. The molecule has 2 N–H and O–H groups in total. The van der Waals surface area contributed by atoms with E-state index in [2.05, 4.69) is 5.10 Å². The van der Waals surface area contributed by atoms with Crippen molar-refractivity contribution in [1.29, 1.82) is 0 Å². The minimum absolute atomic E-state index is 0.259. The first-order valence-electron chi connectivity index (χ1n) is 7.29. The van der Waals surface area contributed by atoms with Gasteiger partial charge in [0.1, 0.15) is 4.90 Å². The number of anilines is 1. The maximum atomic E-state index is 13.1. The van der Waals surface area contributed by atoms with Gasteiger partial charge in [-0.15, -0.1) is 0 Å². The third-order valence-electron chi connectivity index (χ3n) is 4.24. The lowest BCUT2D eigenvalue weighted by atomic mass is 9.99. The molecule has 6 nitrogen and oxygen atoms in total. The molecule has 2 heterocycles. The molecule has 3 rings (SSSR count). The maximum absolute atomic E-state index is 13.1. The molecule has 0 aliphatic carbocycles. The number of sulfonamides is 1. The minimum atomic E-state index is -3.62. The monoisotopic (exact) mass is 320 g/mol. The summed E-state index contributed by atoms with van der Waals surface area (Å²) in [5.74, 6) is 0. The van der Waals surface area contributed by atoms with Crippen LogP contribution >= 0.6 is 0 Å². The van der Waals surface area contributed by atoms with Crippen LogP contribution in [0.5, 0.6) is 0 Å². The number of fused-ring (bicyclic) bond motifs is 1. The van der Waals surface area contributed by atoms with Crippen molar-refractivity contribution in [2.24, 2.45) is 12.8 Å². The lowest BCUT2D eigenvalue weighted by Gasteiger charge is -2.32. The van der Waals surface area contributed by atoms with E-state index in [1.165, 1.54) is 10.5 Å². The molecule has 118 valence electrons. The molecule has 0 radical (unpaired) electrons. The third-order valence-corrected chi connectivity index (χ3v) is 6.14. The van der Waals surface area contributed by atoms with E-state index in [9.17, 15) is 8.42 Å². The number of aromatic nitrogens is 2. The molecule has 0 fully saturated rings. The van der Waals surface area contributed by atoms with Crippen molar-refractivity contribution in [3.63, 3.8) is 0 Å². The van der Waals surface area contributed by atoms with Crippen molar-refractivity contribution >= 4 is 15.7 Å². The van der Waals surface area contributed by atoms with Gasteiger partial charge in [-0.3, -0.25) is 8.99 Å². The van der Waals surface area contributed by atoms with E-state index in [0.717, 1.165) is 29.7 Å². The van der Waals surface area contributed by atoms with Crippen molar-refractivity contribution in [3.8, 4) is 0 Å². The first-order chi connectivity index (χ1) is 10.5. The average Bonchev–Trinajstić information content (AvgIpc) is 2.86. The molecule has 0 spiro atoms. The van der Waals surface area contributed by atoms with Gasteiger partial charge in [0.15, 0.2) is 0 Å². The Kier molecular flexibility index (Phi) is 3.70. The van der Waals surface area contributed by atoms with Crippen molar-refractivity contribution in [2.75, 3.05) is 10.8 Å². The standard InChI is InChI=1S/C15H20N4O2S/c1-11-14(10-17-18(11)2)22(20,21)19-8-4-7-12-5-3-6-13(9-16)15(12)19/h3,5-6,10H,4,7-9,16H2,1-2H3. The maximum Gasteiger partial charge on any atom is 0.267 e. The minimum Gasteiger partial charge on any atom is -0.326 e. The highest BCUT2D eigenvalue weighted by atomic mass is 32.2. The highest BCUT2D eigenvalue weighted by molar-refractivity contribution is 7.92. The Morgan fingerprint density at radius 2 is 2.14 bits per heavy atom. The zero-order valence-corrected chi connectivity index (χ0v) is 13.6. The largest absolute Gasteiger partial charge is 0.326 e. The van der Waals surface area contributed by atoms with E-state index in [-0.39, 0.29) is 4.90 Å². The van der Waals surface area contributed by atoms with E-state index in [4.69, 9.17) is 5.73 Å². The van der Waals surface area contributed by atoms with Gasteiger partial charge in [-0.05, 0) is 30.9 Å². The molecule has 1 aromatic heterocycles. The molecule has 0 bridgehead atoms. The Bertz CT molecular complexity index is 797. The lowest BCUT2D eigenvalue weighted by Crippen LogP contribution is -2.36. The summed E-state index contributed by atoms with van der Waals surface area (Å²) in [6, 6.07) is 5.81.